The lowest BCUT2D eigenvalue weighted by Gasteiger charge is -2.31. The number of hydrogen-bond donors (Lipinski definition) is 2. The summed E-state index contributed by atoms with van der Waals surface area (Å²) in [6.07, 6.45) is -5.32. The molecule has 0 aliphatic carbocycles. The summed E-state index contributed by atoms with van der Waals surface area (Å²) in [5.41, 5.74) is 4.86. The molecule has 0 amide bonds. The van der Waals surface area contributed by atoms with E-state index in [9.17, 15) is 18.3 Å². The molecule has 2 nitrogen and oxygen atoms in total. The molecular weight excluding hydrogens is 243 g/mol. The smallest absolute Gasteiger partial charge is 0.391 e. The average Bonchev–Trinajstić information content (AvgIpc) is 2.25. The average molecular weight is 261 g/mol. The minimum Gasteiger partial charge on any atom is -0.391 e. The number of aliphatic hydroxyl groups is 1. The molecule has 0 heterocycles. The van der Waals surface area contributed by atoms with E-state index in [4.69, 9.17) is 5.73 Å². The molecule has 0 aromatic heterocycles. The maximum atomic E-state index is 12.6. The number of rotatable bonds is 2. The van der Waals surface area contributed by atoms with E-state index in [1.807, 2.05) is 0 Å². The molecule has 0 bridgehead atoms. The topological polar surface area (TPSA) is 46.2 Å². The minimum absolute atomic E-state index is 0.284. The zero-order valence-electron chi connectivity index (χ0n) is 10.6. The Kier molecular flexibility index (Phi) is 4.08. The quantitative estimate of drug-likeness (QED) is 0.859. The van der Waals surface area contributed by atoms with Crippen molar-refractivity contribution < 1.29 is 18.3 Å². The summed E-state index contributed by atoms with van der Waals surface area (Å²) < 4.78 is 37.7. The summed E-state index contributed by atoms with van der Waals surface area (Å²) in [6, 6.07) is 3.92. The van der Waals surface area contributed by atoms with Gasteiger partial charge in [-0.05, 0) is 23.1 Å². The van der Waals surface area contributed by atoms with E-state index in [1.54, 1.807) is 20.8 Å². The van der Waals surface area contributed by atoms with Gasteiger partial charge in [0.2, 0.25) is 0 Å². The summed E-state index contributed by atoms with van der Waals surface area (Å²) in [5.74, 6) is 0. The van der Waals surface area contributed by atoms with Crippen molar-refractivity contribution in [3.8, 4) is 0 Å². The van der Waals surface area contributed by atoms with Gasteiger partial charge in [-0.2, -0.15) is 13.2 Å². The van der Waals surface area contributed by atoms with Gasteiger partial charge in [-0.3, -0.25) is 0 Å². The molecule has 5 heteroatoms. The van der Waals surface area contributed by atoms with Gasteiger partial charge < -0.3 is 10.8 Å². The van der Waals surface area contributed by atoms with Gasteiger partial charge in [0.1, 0.15) is 0 Å². The van der Waals surface area contributed by atoms with E-state index in [0.717, 1.165) is 12.1 Å². The maximum Gasteiger partial charge on any atom is 0.416 e. The highest BCUT2D eigenvalue weighted by Gasteiger charge is 2.33. The molecule has 0 aliphatic heterocycles. The van der Waals surface area contributed by atoms with Gasteiger partial charge in [-0.15, -0.1) is 0 Å². The highest BCUT2D eigenvalue weighted by atomic mass is 19.4. The molecule has 2 atom stereocenters. The van der Waals surface area contributed by atoms with Gasteiger partial charge in [-0.25, -0.2) is 0 Å². The summed E-state index contributed by atoms with van der Waals surface area (Å²) in [5, 5.41) is 10.00. The Balaban J connectivity index is 3.04. The fourth-order valence-corrected chi connectivity index (χ4v) is 1.64. The Bertz CT molecular complexity index is 409. The Morgan fingerprint density at radius 3 is 2.17 bits per heavy atom. The van der Waals surface area contributed by atoms with Gasteiger partial charge in [0.15, 0.2) is 0 Å². The van der Waals surface area contributed by atoms with Crippen LogP contribution in [0.3, 0.4) is 0 Å². The fraction of sp³-hybridized carbons (Fsp3) is 0.538. The van der Waals surface area contributed by atoms with Gasteiger partial charge in [-0.1, -0.05) is 32.9 Å². The first kappa shape index (κ1) is 15.0. The molecule has 18 heavy (non-hydrogen) atoms. The second-order valence-electron chi connectivity index (χ2n) is 5.46. The lowest BCUT2D eigenvalue weighted by Crippen LogP contribution is -2.37. The monoisotopic (exact) mass is 261 g/mol. The molecule has 0 fully saturated rings. The van der Waals surface area contributed by atoms with Crippen molar-refractivity contribution in [3.63, 3.8) is 0 Å². The predicted molar refractivity (Wildman–Crippen MR) is 63.8 cm³/mol. The van der Waals surface area contributed by atoms with Gasteiger partial charge in [0.25, 0.3) is 0 Å². The molecule has 3 N–H and O–H groups in total. The van der Waals surface area contributed by atoms with Crippen LogP contribution in [0.25, 0.3) is 0 Å². The normalized spacial score (nSPS) is 16.4. The number of alkyl halides is 3. The van der Waals surface area contributed by atoms with Gasteiger partial charge >= 0.3 is 6.18 Å². The van der Waals surface area contributed by atoms with E-state index in [0.29, 0.717) is 0 Å². The number of halogens is 3. The third kappa shape index (κ3) is 3.46. The second-order valence-corrected chi connectivity index (χ2v) is 5.46. The number of aliphatic hydroxyl groups excluding tert-OH is 1. The molecule has 0 unspecified atom stereocenters. The van der Waals surface area contributed by atoms with E-state index in [2.05, 4.69) is 0 Å². The van der Waals surface area contributed by atoms with E-state index in [-0.39, 0.29) is 5.56 Å². The first-order valence-corrected chi connectivity index (χ1v) is 5.64. The lowest BCUT2D eigenvalue weighted by molar-refractivity contribution is -0.137. The van der Waals surface area contributed by atoms with E-state index >= 15 is 0 Å². The SMILES string of the molecule is CC(C)(C)[C@H](O)[C@H](N)c1cccc(C(F)(F)F)c1. The Labute approximate surface area is 105 Å². The molecule has 0 spiro atoms. The van der Waals surface area contributed by atoms with Crippen LogP contribution in [-0.4, -0.2) is 11.2 Å². The highest BCUT2D eigenvalue weighted by Crippen LogP contribution is 2.33. The first-order chi connectivity index (χ1) is 8.03. The van der Waals surface area contributed by atoms with Crippen LogP contribution in [0.2, 0.25) is 0 Å². The standard InChI is InChI=1S/C13H18F3NO/c1-12(2,3)11(18)10(17)8-5-4-6-9(7-8)13(14,15)16/h4-7,10-11,18H,17H2,1-3H3/t10-,11-/m1/s1. The zero-order valence-corrected chi connectivity index (χ0v) is 10.6. The number of benzene rings is 1. The minimum atomic E-state index is -4.40. The molecule has 102 valence electrons. The van der Waals surface area contributed by atoms with Crippen molar-refractivity contribution in [1.82, 2.24) is 0 Å². The van der Waals surface area contributed by atoms with Crippen LogP contribution in [-0.2, 0) is 6.18 Å². The van der Waals surface area contributed by atoms with Crippen LogP contribution >= 0.6 is 0 Å². The Morgan fingerprint density at radius 2 is 1.72 bits per heavy atom. The van der Waals surface area contributed by atoms with Crippen molar-refractivity contribution in [2.45, 2.75) is 39.1 Å². The van der Waals surface area contributed by atoms with Crippen LogP contribution in [0.4, 0.5) is 13.2 Å². The van der Waals surface area contributed by atoms with Crippen molar-refractivity contribution >= 4 is 0 Å². The van der Waals surface area contributed by atoms with Crippen molar-refractivity contribution in [2.24, 2.45) is 11.1 Å². The summed E-state index contributed by atoms with van der Waals surface area (Å²) >= 11 is 0. The molecule has 1 aromatic carbocycles. The van der Waals surface area contributed by atoms with E-state index in [1.165, 1.54) is 12.1 Å². The zero-order chi connectivity index (χ0) is 14.1. The van der Waals surface area contributed by atoms with Crippen LogP contribution in [0.1, 0.15) is 37.9 Å². The Hall–Kier alpha value is -1.07. The largest absolute Gasteiger partial charge is 0.416 e. The third-order valence-corrected chi connectivity index (χ3v) is 2.83. The number of nitrogens with two attached hydrogens (primary N) is 1. The fourth-order valence-electron chi connectivity index (χ4n) is 1.64. The van der Waals surface area contributed by atoms with Crippen molar-refractivity contribution in [1.29, 1.82) is 0 Å². The summed E-state index contributed by atoms with van der Waals surface area (Å²) in [6.45, 7) is 5.35. The molecule has 1 aromatic rings. The summed E-state index contributed by atoms with van der Waals surface area (Å²) in [4.78, 5) is 0. The highest BCUT2D eigenvalue weighted by molar-refractivity contribution is 5.28. The van der Waals surface area contributed by atoms with Crippen molar-refractivity contribution in [3.05, 3.63) is 35.4 Å². The molecule has 0 saturated heterocycles. The Morgan fingerprint density at radius 1 is 1.17 bits per heavy atom. The summed E-state index contributed by atoms with van der Waals surface area (Å²) in [7, 11) is 0. The first-order valence-electron chi connectivity index (χ1n) is 5.64. The van der Waals surface area contributed by atoms with E-state index < -0.39 is 29.3 Å². The second kappa shape index (κ2) is 4.90. The molecular formula is C13H18F3NO. The van der Waals surface area contributed by atoms with Crippen LogP contribution in [0, 0.1) is 5.41 Å². The number of hydrogen-bond acceptors (Lipinski definition) is 2. The molecule has 0 radical (unpaired) electrons. The van der Waals surface area contributed by atoms with Gasteiger partial charge in [0, 0.05) is 0 Å². The maximum absolute atomic E-state index is 12.6. The molecule has 1 rings (SSSR count). The van der Waals surface area contributed by atoms with Crippen LogP contribution in [0.15, 0.2) is 24.3 Å². The van der Waals surface area contributed by atoms with Crippen LogP contribution < -0.4 is 5.73 Å². The lowest BCUT2D eigenvalue weighted by atomic mass is 9.82. The molecule has 0 aliphatic rings. The third-order valence-electron chi connectivity index (χ3n) is 2.83. The van der Waals surface area contributed by atoms with Crippen molar-refractivity contribution in [2.75, 3.05) is 0 Å². The van der Waals surface area contributed by atoms with Crippen LogP contribution in [0.5, 0.6) is 0 Å². The van der Waals surface area contributed by atoms with Gasteiger partial charge in [0.05, 0.1) is 17.7 Å². The molecule has 0 saturated carbocycles. The predicted octanol–water partition coefficient (Wildman–Crippen LogP) is 3.11.